The maximum absolute atomic E-state index is 11.1. The maximum Gasteiger partial charge on any atom is 0.156 e. The van der Waals surface area contributed by atoms with E-state index in [2.05, 4.69) is 15.3 Å². The molecule has 2 aromatic heterocycles. The van der Waals surface area contributed by atoms with Crippen LogP contribution in [0.3, 0.4) is 0 Å². The summed E-state index contributed by atoms with van der Waals surface area (Å²) in [7, 11) is 0. The SMILES string of the molecule is Cc1nc(Cl)c(C=O)c(NC(C)c2ccc(Cl)s2)n1. The predicted octanol–water partition coefficient (Wildman–Crippen LogP) is 4.14. The molecule has 0 fully saturated rings. The third-order valence-electron chi connectivity index (χ3n) is 2.50. The lowest BCUT2D eigenvalue weighted by Crippen LogP contribution is -2.10. The van der Waals surface area contributed by atoms with Gasteiger partial charge < -0.3 is 5.32 Å². The lowest BCUT2D eigenvalue weighted by atomic mass is 10.2. The van der Waals surface area contributed by atoms with E-state index in [1.807, 2.05) is 19.1 Å². The topological polar surface area (TPSA) is 54.9 Å². The van der Waals surface area contributed by atoms with Crippen molar-refractivity contribution < 1.29 is 4.79 Å². The van der Waals surface area contributed by atoms with Crippen LogP contribution < -0.4 is 5.32 Å². The minimum atomic E-state index is -0.0263. The molecular formula is C12H11Cl2N3OS. The van der Waals surface area contributed by atoms with Crippen LogP contribution in [0.5, 0.6) is 0 Å². The number of rotatable bonds is 4. The highest BCUT2D eigenvalue weighted by molar-refractivity contribution is 7.16. The molecule has 1 N–H and O–H groups in total. The largest absolute Gasteiger partial charge is 0.362 e. The van der Waals surface area contributed by atoms with Crippen molar-refractivity contribution in [3.63, 3.8) is 0 Å². The van der Waals surface area contributed by atoms with Crippen molar-refractivity contribution in [1.82, 2.24) is 9.97 Å². The quantitative estimate of drug-likeness (QED) is 0.680. The molecule has 19 heavy (non-hydrogen) atoms. The Kier molecular flexibility index (Phi) is 4.39. The van der Waals surface area contributed by atoms with Gasteiger partial charge in [0.2, 0.25) is 0 Å². The number of halogens is 2. The summed E-state index contributed by atoms with van der Waals surface area (Å²) in [6, 6.07) is 3.74. The summed E-state index contributed by atoms with van der Waals surface area (Å²) < 4.78 is 0.719. The molecule has 4 nitrogen and oxygen atoms in total. The first-order chi connectivity index (χ1) is 9.01. The number of anilines is 1. The van der Waals surface area contributed by atoms with Crippen LogP contribution in [0.15, 0.2) is 12.1 Å². The summed E-state index contributed by atoms with van der Waals surface area (Å²) in [4.78, 5) is 20.3. The third kappa shape index (κ3) is 3.23. The van der Waals surface area contributed by atoms with Gasteiger partial charge in [0.15, 0.2) is 6.29 Å². The number of nitrogens with one attached hydrogen (secondary N) is 1. The lowest BCUT2D eigenvalue weighted by Gasteiger charge is -2.15. The zero-order chi connectivity index (χ0) is 14.0. The van der Waals surface area contributed by atoms with Gasteiger partial charge in [0.25, 0.3) is 0 Å². The molecule has 1 atom stereocenters. The van der Waals surface area contributed by atoms with E-state index < -0.39 is 0 Å². The van der Waals surface area contributed by atoms with Crippen molar-refractivity contribution in [3.05, 3.63) is 37.9 Å². The molecule has 0 saturated heterocycles. The molecule has 2 heterocycles. The maximum atomic E-state index is 11.1. The third-order valence-corrected chi connectivity index (χ3v) is 4.20. The molecule has 7 heteroatoms. The van der Waals surface area contributed by atoms with Gasteiger partial charge in [0, 0.05) is 4.88 Å². The van der Waals surface area contributed by atoms with Crippen LogP contribution >= 0.6 is 34.5 Å². The van der Waals surface area contributed by atoms with Crippen LogP contribution in [0.1, 0.15) is 34.0 Å². The van der Waals surface area contributed by atoms with Crippen LogP contribution in [0.4, 0.5) is 5.82 Å². The van der Waals surface area contributed by atoms with Gasteiger partial charge in [-0.05, 0) is 26.0 Å². The number of hydrogen-bond acceptors (Lipinski definition) is 5. The highest BCUT2D eigenvalue weighted by atomic mass is 35.5. The smallest absolute Gasteiger partial charge is 0.156 e. The number of aldehydes is 1. The second-order valence-electron chi connectivity index (χ2n) is 3.95. The van der Waals surface area contributed by atoms with Gasteiger partial charge in [-0.15, -0.1) is 11.3 Å². The van der Waals surface area contributed by atoms with Gasteiger partial charge in [-0.25, -0.2) is 9.97 Å². The molecule has 0 aliphatic rings. The Hall–Kier alpha value is -1.17. The van der Waals surface area contributed by atoms with E-state index in [1.54, 1.807) is 6.92 Å². The standard InChI is InChI=1S/C12H11Cl2N3OS/c1-6(9-3-4-10(13)19-9)15-12-8(5-18)11(14)16-7(2)17-12/h3-6H,1-2H3,(H,15,16,17). The summed E-state index contributed by atoms with van der Waals surface area (Å²) >= 11 is 13.3. The number of nitrogens with zero attached hydrogens (tertiary/aromatic N) is 2. The number of hydrogen-bond donors (Lipinski definition) is 1. The fourth-order valence-corrected chi connectivity index (χ4v) is 2.92. The van der Waals surface area contributed by atoms with E-state index in [1.165, 1.54) is 11.3 Å². The molecule has 0 spiro atoms. The normalized spacial score (nSPS) is 12.2. The number of carbonyl (C=O) groups excluding carboxylic acids is 1. The van der Waals surface area contributed by atoms with Gasteiger partial charge in [-0.3, -0.25) is 4.79 Å². The van der Waals surface area contributed by atoms with Crippen LogP contribution in [-0.2, 0) is 0 Å². The minimum absolute atomic E-state index is 0.0263. The number of aryl methyl sites for hydroxylation is 1. The Morgan fingerprint density at radius 3 is 2.68 bits per heavy atom. The zero-order valence-electron chi connectivity index (χ0n) is 10.3. The number of aromatic nitrogens is 2. The summed E-state index contributed by atoms with van der Waals surface area (Å²) in [5, 5.41) is 3.31. The van der Waals surface area contributed by atoms with E-state index in [0.29, 0.717) is 17.9 Å². The molecule has 1 unspecified atom stereocenters. The van der Waals surface area contributed by atoms with E-state index in [4.69, 9.17) is 23.2 Å². The second kappa shape index (κ2) is 5.86. The Morgan fingerprint density at radius 1 is 1.37 bits per heavy atom. The van der Waals surface area contributed by atoms with Gasteiger partial charge in [-0.1, -0.05) is 23.2 Å². The Balaban J connectivity index is 2.30. The molecule has 2 rings (SSSR count). The van der Waals surface area contributed by atoms with Crippen molar-refractivity contribution in [2.75, 3.05) is 5.32 Å². The Labute approximate surface area is 124 Å². The molecule has 0 radical (unpaired) electrons. The predicted molar refractivity (Wildman–Crippen MR) is 78.5 cm³/mol. The highest BCUT2D eigenvalue weighted by Gasteiger charge is 2.15. The van der Waals surface area contributed by atoms with Crippen LogP contribution in [0.25, 0.3) is 0 Å². The fraction of sp³-hybridized carbons (Fsp3) is 0.250. The van der Waals surface area contributed by atoms with E-state index in [-0.39, 0.29) is 16.8 Å². The van der Waals surface area contributed by atoms with Crippen molar-refractivity contribution in [1.29, 1.82) is 0 Å². The molecule has 100 valence electrons. The molecule has 0 aliphatic heterocycles. The summed E-state index contributed by atoms with van der Waals surface area (Å²) in [6.45, 7) is 3.68. The summed E-state index contributed by atoms with van der Waals surface area (Å²) in [6.07, 6.45) is 0.651. The van der Waals surface area contributed by atoms with Crippen molar-refractivity contribution in [2.45, 2.75) is 19.9 Å². The highest BCUT2D eigenvalue weighted by Crippen LogP contribution is 2.30. The molecule has 0 aliphatic carbocycles. The minimum Gasteiger partial charge on any atom is -0.362 e. The molecule has 0 saturated carbocycles. The van der Waals surface area contributed by atoms with Crippen molar-refractivity contribution >= 4 is 46.6 Å². The monoisotopic (exact) mass is 315 g/mol. The summed E-state index contributed by atoms with van der Waals surface area (Å²) in [5.41, 5.74) is 0.266. The van der Waals surface area contributed by atoms with Crippen molar-refractivity contribution in [3.8, 4) is 0 Å². The number of thiophene rings is 1. The van der Waals surface area contributed by atoms with Gasteiger partial charge in [0.05, 0.1) is 15.9 Å². The van der Waals surface area contributed by atoms with E-state index >= 15 is 0 Å². The Morgan fingerprint density at radius 2 is 2.11 bits per heavy atom. The summed E-state index contributed by atoms with van der Waals surface area (Å²) in [5.74, 6) is 0.944. The zero-order valence-corrected chi connectivity index (χ0v) is 12.6. The first-order valence-electron chi connectivity index (χ1n) is 5.52. The van der Waals surface area contributed by atoms with Gasteiger partial charge in [-0.2, -0.15) is 0 Å². The lowest BCUT2D eigenvalue weighted by molar-refractivity contribution is 0.112. The number of carbonyl (C=O) groups is 1. The van der Waals surface area contributed by atoms with E-state index in [9.17, 15) is 4.79 Å². The van der Waals surface area contributed by atoms with Gasteiger partial charge >= 0.3 is 0 Å². The second-order valence-corrected chi connectivity index (χ2v) is 6.05. The first-order valence-corrected chi connectivity index (χ1v) is 7.09. The van der Waals surface area contributed by atoms with Crippen molar-refractivity contribution in [2.24, 2.45) is 0 Å². The molecular weight excluding hydrogens is 305 g/mol. The van der Waals surface area contributed by atoms with Crippen LogP contribution in [-0.4, -0.2) is 16.3 Å². The molecule has 0 amide bonds. The molecule has 0 aromatic carbocycles. The average Bonchev–Trinajstić information content (AvgIpc) is 2.75. The molecule has 0 bridgehead atoms. The average molecular weight is 316 g/mol. The van der Waals surface area contributed by atoms with Crippen LogP contribution in [0, 0.1) is 6.92 Å². The van der Waals surface area contributed by atoms with E-state index in [0.717, 1.165) is 9.21 Å². The first kappa shape index (κ1) is 14.2. The van der Waals surface area contributed by atoms with Crippen LogP contribution in [0.2, 0.25) is 9.49 Å². The Bertz CT molecular complexity index is 615. The molecule has 2 aromatic rings. The van der Waals surface area contributed by atoms with Gasteiger partial charge in [0.1, 0.15) is 16.8 Å². The fourth-order valence-electron chi connectivity index (χ4n) is 1.60.